The maximum absolute atomic E-state index is 13.0. The van der Waals surface area contributed by atoms with Crippen LogP contribution in [-0.2, 0) is 28.7 Å². The lowest BCUT2D eigenvalue weighted by molar-refractivity contribution is -0.137. The molecule has 0 fully saturated rings. The molecule has 11 heteroatoms. The Labute approximate surface area is 197 Å². The first kappa shape index (κ1) is 22.6. The monoisotopic (exact) mass is 483 g/mol. The summed E-state index contributed by atoms with van der Waals surface area (Å²) in [6.45, 7) is 1.12. The second kappa shape index (κ2) is 8.57. The van der Waals surface area contributed by atoms with Crippen LogP contribution in [0.1, 0.15) is 34.6 Å². The lowest BCUT2D eigenvalue weighted by Gasteiger charge is -2.30. The Kier molecular flexibility index (Phi) is 5.54. The average Bonchev–Trinajstić information content (AvgIpc) is 2.82. The molecule has 35 heavy (non-hydrogen) atoms. The fourth-order valence-corrected chi connectivity index (χ4v) is 4.41. The molecule has 3 heterocycles. The molecule has 0 radical (unpaired) electrons. The number of H-pyrrole nitrogens is 1. The van der Waals surface area contributed by atoms with E-state index in [0.717, 1.165) is 30.2 Å². The van der Waals surface area contributed by atoms with E-state index >= 15 is 0 Å². The molecule has 3 N–H and O–H groups in total. The van der Waals surface area contributed by atoms with E-state index < -0.39 is 35.0 Å². The topological polar surface area (TPSA) is 107 Å². The Balaban J connectivity index is 1.43. The minimum Gasteiger partial charge on any atom is -0.338 e. The van der Waals surface area contributed by atoms with Gasteiger partial charge < -0.3 is 15.5 Å². The van der Waals surface area contributed by atoms with Crippen molar-refractivity contribution in [3.8, 4) is 0 Å². The maximum atomic E-state index is 13.0. The number of nitrogens with zero attached hydrogens (tertiary/aromatic N) is 2. The van der Waals surface area contributed by atoms with Gasteiger partial charge in [0.15, 0.2) is 0 Å². The molecular weight excluding hydrogens is 463 g/mol. The Morgan fingerprint density at radius 3 is 2.63 bits per heavy atom. The van der Waals surface area contributed by atoms with E-state index in [1.165, 1.54) is 11.6 Å². The zero-order valence-corrected chi connectivity index (χ0v) is 18.3. The molecule has 1 aromatic heterocycles. The van der Waals surface area contributed by atoms with E-state index in [2.05, 4.69) is 20.6 Å². The van der Waals surface area contributed by atoms with Crippen LogP contribution in [0, 0.1) is 0 Å². The quantitative estimate of drug-likeness (QED) is 0.529. The Morgan fingerprint density at radius 1 is 1.09 bits per heavy atom. The lowest BCUT2D eigenvalue weighted by Crippen LogP contribution is -2.38. The number of hydrogen-bond acceptors (Lipinski definition) is 5. The molecule has 1 atom stereocenters. The molecule has 0 aliphatic carbocycles. The van der Waals surface area contributed by atoms with Crippen molar-refractivity contribution in [2.45, 2.75) is 31.5 Å². The molecule has 3 aromatic rings. The van der Waals surface area contributed by atoms with Gasteiger partial charge in [0.2, 0.25) is 17.8 Å². The predicted octanol–water partition coefficient (Wildman–Crippen LogP) is 3.42. The highest BCUT2D eigenvalue weighted by Crippen LogP contribution is 2.33. The summed E-state index contributed by atoms with van der Waals surface area (Å²) in [5.74, 6) is -2.26. The number of aromatic amines is 1. The number of rotatable bonds is 3. The van der Waals surface area contributed by atoms with Crippen molar-refractivity contribution in [2.75, 3.05) is 22.1 Å². The van der Waals surface area contributed by atoms with Crippen molar-refractivity contribution < 1.29 is 22.8 Å². The highest BCUT2D eigenvalue weighted by atomic mass is 19.4. The van der Waals surface area contributed by atoms with E-state index in [9.17, 15) is 27.6 Å². The number of amides is 2. The van der Waals surface area contributed by atoms with Gasteiger partial charge in [-0.3, -0.25) is 19.4 Å². The number of carbonyl (C=O) groups excluding carboxylic acids is 2. The van der Waals surface area contributed by atoms with Crippen LogP contribution in [0.5, 0.6) is 0 Å². The third-order valence-corrected chi connectivity index (χ3v) is 6.14. The molecular formula is C24H20F3N5O3. The summed E-state index contributed by atoms with van der Waals surface area (Å²) >= 11 is 0. The molecule has 0 unspecified atom stereocenters. The van der Waals surface area contributed by atoms with Crippen LogP contribution >= 0.6 is 0 Å². The molecule has 2 amide bonds. The summed E-state index contributed by atoms with van der Waals surface area (Å²) in [6, 6.07) is 12.1. The van der Waals surface area contributed by atoms with Crippen molar-refractivity contribution in [1.82, 2.24) is 9.97 Å². The minimum atomic E-state index is -4.58. The van der Waals surface area contributed by atoms with Gasteiger partial charge in [0.1, 0.15) is 5.82 Å². The van der Waals surface area contributed by atoms with Gasteiger partial charge in [0.25, 0.3) is 5.56 Å². The largest absolute Gasteiger partial charge is 0.416 e. The van der Waals surface area contributed by atoms with Crippen LogP contribution in [0.15, 0.2) is 53.3 Å². The number of nitrogens with one attached hydrogen (secondary N) is 3. The highest BCUT2D eigenvalue weighted by Gasteiger charge is 2.36. The fourth-order valence-electron chi connectivity index (χ4n) is 4.41. The van der Waals surface area contributed by atoms with Crippen LogP contribution in [0.2, 0.25) is 0 Å². The van der Waals surface area contributed by atoms with Crippen LogP contribution in [0.25, 0.3) is 0 Å². The summed E-state index contributed by atoms with van der Waals surface area (Å²) < 4.78 is 39.0. The summed E-state index contributed by atoms with van der Waals surface area (Å²) in [7, 11) is 0. The van der Waals surface area contributed by atoms with Gasteiger partial charge in [-0.1, -0.05) is 30.3 Å². The standard InChI is InChI=1S/C24H20F3N5O3/c25-24(26,27)15-6-3-7-16(10-15)28-21(34)17-11-18(33)29-20-19(17)22(35)31-23(30-20)32-9-8-13-4-1-2-5-14(13)12-32/h1-7,10,17H,8-9,11-12H2,(H,28,34)(H2,29,30,31,33,35)/t17-/m1/s1. The molecule has 0 bridgehead atoms. The van der Waals surface area contributed by atoms with Crippen LogP contribution in [0.4, 0.5) is 30.6 Å². The number of alkyl halides is 3. The first-order valence-electron chi connectivity index (χ1n) is 10.9. The average molecular weight is 483 g/mol. The SMILES string of the molecule is O=C1C[C@@H](C(=O)Nc2cccc(C(F)(F)F)c2)c2c(nc(N3CCc4ccccc4C3)[nH]c2=O)N1. The molecule has 2 aromatic carbocycles. The van der Waals surface area contributed by atoms with E-state index in [-0.39, 0.29) is 29.4 Å². The third-order valence-electron chi connectivity index (χ3n) is 6.14. The number of fused-ring (bicyclic) bond motifs is 2. The van der Waals surface area contributed by atoms with Crippen molar-refractivity contribution in [3.05, 3.63) is 81.1 Å². The molecule has 2 aliphatic heterocycles. The molecule has 0 saturated heterocycles. The Morgan fingerprint density at radius 2 is 1.86 bits per heavy atom. The van der Waals surface area contributed by atoms with Gasteiger partial charge in [-0.2, -0.15) is 18.2 Å². The van der Waals surface area contributed by atoms with Gasteiger partial charge in [-0.05, 0) is 35.7 Å². The number of carbonyl (C=O) groups is 2. The van der Waals surface area contributed by atoms with E-state index in [1.807, 2.05) is 29.2 Å². The lowest BCUT2D eigenvalue weighted by atomic mass is 9.92. The maximum Gasteiger partial charge on any atom is 0.416 e. The van der Waals surface area contributed by atoms with Gasteiger partial charge in [0, 0.05) is 25.2 Å². The van der Waals surface area contributed by atoms with Gasteiger partial charge >= 0.3 is 6.18 Å². The number of benzene rings is 2. The molecule has 0 saturated carbocycles. The normalized spacial score (nSPS) is 17.3. The van der Waals surface area contributed by atoms with Gasteiger partial charge in [-0.15, -0.1) is 0 Å². The first-order valence-corrected chi connectivity index (χ1v) is 10.9. The highest BCUT2D eigenvalue weighted by molar-refractivity contribution is 6.04. The summed E-state index contributed by atoms with van der Waals surface area (Å²) in [6.07, 6.45) is -4.16. The zero-order valence-electron chi connectivity index (χ0n) is 18.3. The van der Waals surface area contributed by atoms with Crippen molar-refractivity contribution >= 4 is 29.3 Å². The third kappa shape index (κ3) is 4.48. The minimum absolute atomic E-state index is 0.0250. The van der Waals surface area contributed by atoms with E-state index in [1.54, 1.807) is 0 Å². The number of halogens is 3. The van der Waals surface area contributed by atoms with E-state index in [4.69, 9.17) is 0 Å². The van der Waals surface area contributed by atoms with Crippen LogP contribution in [0.3, 0.4) is 0 Å². The first-order chi connectivity index (χ1) is 16.7. The molecule has 8 nitrogen and oxygen atoms in total. The zero-order chi connectivity index (χ0) is 24.7. The van der Waals surface area contributed by atoms with Gasteiger partial charge in [-0.25, -0.2) is 0 Å². The second-order valence-electron chi connectivity index (χ2n) is 8.46. The predicted molar refractivity (Wildman–Crippen MR) is 122 cm³/mol. The number of aromatic nitrogens is 2. The Hall–Kier alpha value is -4.15. The molecule has 2 aliphatic rings. The molecule has 0 spiro atoms. The Bertz CT molecular complexity index is 1390. The van der Waals surface area contributed by atoms with Gasteiger partial charge in [0.05, 0.1) is 17.0 Å². The van der Waals surface area contributed by atoms with Crippen molar-refractivity contribution in [2.24, 2.45) is 0 Å². The second-order valence-corrected chi connectivity index (χ2v) is 8.46. The number of hydrogen-bond donors (Lipinski definition) is 3. The van der Waals surface area contributed by atoms with Crippen LogP contribution in [-0.4, -0.2) is 28.3 Å². The van der Waals surface area contributed by atoms with Crippen molar-refractivity contribution in [1.29, 1.82) is 0 Å². The summed E-state index contributed by atoms with van der Waals surface area (Å²) in [5.41, 5.74) is 0.670. The summed E-state index contributed by atoms with van der Waals surface area (Å²) in [5, 5.41) is 4.94. The number of anilines is 3. The van der Waals surface area contributed by atoms with E-state index in [0.29, 0.717) is 13.1 Å². The van der Waals surface area contributed by atoms with Crippen LogP contribution < -0.4 is 21.1 Å². The summed E-state index contributed by atoms with van der Waals surface area (Å²) in [4.78, 5) is 47.3. The van der Waals surface area contributed by atoms with Crippen molar-refractivity contribution in [3.63, 3.8) is 0 Å². The smallest absolute Gasteiger partial charge is 0.338 e. The molecule has 5 rings (SSSR count). The molecule has 180 valence electrons. The fraction of sp³-hybridized carbons (Fsp3) is 0.250.